The van der Waals surface area contributed by atoms with Crippen LogP contribution in [-0.4, -0.2) is 61.0 Å². The van der Waals surface area contributed by atoms with Crippen molar-refractivity contribution in [2.75, 3.05) is 39.4 Å². The molecule has 4 rings (SSSR count). The van der Waals surface area contributed by atoms with E-state index >= 15 is 0 Å². The number of hydrogen-bond donors (Lipinski definition) is 0. The molecule has 1 aliphatic carbocycles. The van der Waals surface area contributed by atoms with Crippen LogP contribution in [0.3, 0.4) is 0 Å². The molecule has 1 saturated carbocycles. The lowest BCUT2D eigenvalue weighted by molar-refractivity contribution is -0.135. The van der Waals surface area contributed by atoms with Crippen LogP contribution < -0.4 is 0 Å². The Morgan fingerprint density at radius 2 is 1.72 bits per heavy atom. The molecule has 1 spiro atoms. The maximum atomic E-state index is 12.8. The SMILES string of the molecule is O=C(CCC1CN(C(=O)CCCc2ccccc2)CC12CCC2)N1CCOCC1. The van der Waals surface area contributed by atoms with Gasteiger partial charge in [-0.05, 0) is 49.0 Å². The molecule has 0 bridgehead atoms. The Kier molecular flexibility index (Phi) is 6.53. The smallest absolute Gasteiger partial charge is 0.222 e. The van der Waals surface area contributed by atoms with Gasteiger partial charge in [-0.1, -0.05) is 36.8 Å². The summed E-state index contributed by atoms with van der Waals surface area (Å²) in [6.07, 6.45) is 7.74. The minimum atomic E-state index is 0.260. The number of benzene rings is 1. The molecule has 0 N–H and O–H groups in total. The Labute approximate surface area is 174 Å². The zero-order valence-electron chi connectivity index (χ0n) is 17.5. The van der Waals surface area contributed by atoms with Gasteiger partial charge < -0.3 is 14.5 Å². The van der Waals surface area contributed by atoms with Gasteiger partial charge in [-0.15, -0.1) is 0 Å². The summed E-state index contributed by atoms with van der Waals surface area (Å²) in [7, 11) is 0. The summed E-state index contributed by atoms with van der Waals surface area (Å²) >= 11 is 0. The molecule has 2 saturated heterocycles. The second-order valence-corrected chi connectivity index (χ2v) is 9.06. The van der Waals surface area contributed by atoms with Crippen LogP contribution in [0.1, 0.15) is 50.5 Å². The van der Waals surface area contributed by atoms with E-state index in [0.29, 0.717) is 43.3 Å². The molecule has 2 amide bonds. The van der Waals surface area contributed by atoms with Crippen molar-refractivity contribution in [2.45, 2.75) is 51.4 Å². The van der Waals surface area contributed by atoms with Crippen LogP contribution in [-0.2, 0) is 20.7 Å². The number of likely N-dealkylation sites (tertiary alicyclic amines) is 1. The maximum Gasteiger partial charge on any atom is 0.222 e. The van der Waals surface area contributed by atoms with E-state index in [-0.39, 0.29) is 5.91 Å². The van der Waals surface area contributed by atoms with Crippen LogP contribution >= 0.6 is 0 Å². The average Bonchev–Trinajstić information content (AvgIpc) is 3.14. The molecule has 3 fully saturated rings. The van der Waals surface area contributed by atoms with E-state index in [1.807, 2.05) is 11.0 Å². The number of carbonyl (C=O) groups is 2. The van der Waals surface area contributed by atoms with Gasteiger partial charge in [-0.25, -0.2) is 0 Å². The molecular weight excluding hydrogens is 364 g/mol. The molecular formula is C24H34N2O3. The molecule has 1 atom stereocenters. The third-order valence-corrected chi connectivity index (χ3v) is 7.28. The number of hydrogen-bond acceptors (Lipinski definition) is 3. The van der Waals surface area contributed by atoms with Gasteiger partial charge in [0.1, 0.15) is 0 Å². The first kappa shape index (κ1) is 20.4. The van der Waals surface area contributed by atoms with Crippen molar-refractivity contribution < 1.29 is 14.3 Å². The minimum Gasteiger partial charge on any atom is -0.378 e. The van der Waals surface area contributed by atoms with Gasteiger partial charge in [0.25, 0.3) is 0 Å². The van der Waals surface area contributed by atoms with E-state index in [9.17, 15) is 9.59 Å². The van der Waals surface area contributed by atoms with Crippen LogP contribution in [0.15, 0.2) is 30.3 Å². The Balaban J connectivity index is 1.25. The summed E-state index contributed by atoms with van der Waals surface area (Å²) in [6, 6.07) is 10.4. The van der Waals surface area contributed by atoms with Gasteiger partial charge in [0.05, 0.1) is 13.2 Å². The van der Waals surface area contributed by atoms with Crippen molar-refractivity contribution in [1.29, 1.82) is 0 Å². The second kappa shape index (κ2) is 9.29. The number of morpholine rings is 1. The third-order valence-electron chi connectivity index (χ3n) is 7.28. The zero-order valence-corrected chi connectivity index (χ0v) is 17.5. The molecule has 0 aromatic heterocycles. The molecule has 1 aromatic carbocycles. The highest BCUT2D eigenvalue weighted by Gasteiger charge is 2.50. The number of aryl methyl sites for hydroxylation is 1. The fourth-order valence-corrected chi connectivity index (χ4v) is 5.33. The van der Waals surface area contributed by atoms with Crippen molar-refractivity contribution in [3.63, 3.8) is 0 Å². The summed E-state index contributed by atoms with van der Waals surface area (Å²) in [5.74, 6) is 1.05. The Bertz CT molecular complexity index is 695. The lowest BCUT2D eigenvalue weighted by atomic mass is 9.62. The van der Waals surface area contributed by atoms with E-state index in [1.165, 1.54) is 24.8 Å². The molecule has 1 unspecified atom stereocenters. The third kappa shape index (κ3) is 4.82. The summed E-state index contributed by atoms with van der Waals surface area (Å²) in [5, 5.41) is 0. The first-order chi connectivity index (χ1) is 14.2. The largest absolute Gasteiger partial charge is 0.378 e. The van der Waals surface area contributed by atoms with Gasteiger partial charge in [-0.3, -0.25) is 9.59 Å². The molecule has 158 valence electrons. The average molecular weight is 399 g/mol. The van der Waals surface area contributed by atoms with Crippen LogP contribution in [0.5, 0.6) is 0 Å². The minimum absolute atomic E-state index is 0.260. The number of ether oxygens (including phenoxy) is 1. The van der Waals surface area contributed by atoms with E-state index < -0.39 is 0 Å². The molecule has 29 heavy (non-hydrogen) atoms. The fourth-order valence-electron chi connectivity index (χ4n) is 5.33. The Morgan fingerprint density at radius 1 is 1.00 bits per heavy atom. The molecule has 3 aliphatic rings. The Morgan fingerprint density at radius 3 is 2.41 bits per heavy atom. The van der Waals surface area contributed by atoms with Gasteiger partial charge in [0.2, 0.25) is 11.8 Å². The van der Waals surface area contributed by atoms with Gasteiger partial charge >= 0.3 is 0 Å². The summed E-state index contributed by atoms with van der Waals surface area (Å²) in [4.78, 5) is 29.4. The van der Waals surface area contributed by atoms with Crippen molar-refractivity contribution in [1.82, 2.24) is 9.80 Å². The molecule has 5 heteroatoms. The predicted molar refractivity (Wildman–Crippen MR) is 112 cm³/mol. The van der Waals surface area contributed by atoms with E-state index in [0.717, 1.165) is 45.4 Å². The summed E-state index contributed by atoms with van der Waals surface area (Å²) in [5.41, 5.74) is 1.59. The van der Waals surface area contributed by atoms with Crippen molar-refractivity contribution in [2.24, 2.45) is 11.3 Å². The first-order valence-electron chi connectivity index (χ1n) is 11.3. The predicted octanol–water partition coefficient (Wildman–Crippen LogP) is 3.28. The van der Waals surface area contributed by atoms with Crippen LogP contribution in [0.4, 0.5) is 0 Å². The highest BCUT2D eigenvalue weighted by molar-refractivity contribution is 5.77. The van der Waals surface area contributed by atoms with Crippen LogP contribution in [0, 0.1) is 11.3 Å². The fraction of sp³-hybridized carbons (Fsp3) is 0.667. The van der Waals surface area contributed by atoms with Gasteiger partial charge in [-0.2, -0.15) is 0 Å². The standard InChI is InChI=1S/C24H34N2O3/c27-22(9-4-8-20-6-2-1-3-7-20)26-18-21(24(19-26)12-5-13-24)10-11-23(28)25-14-16-29-17-15-25/h1-3,6-7,21H,4-5,8-19H2. The van der Waals surface area contributed by atoms with Crippen LogP contribution in [0.2, 0.25) is 0 Å². The molecule has 5 nitrogen and oxygen atoms in total. The number of nitrogens with zero attached hydrogens (tertiary/aromatic N) is 2. The summed E-state index contributed by atoms with van der Waals surface area (Å²) < 4.78 is 5.35. The van der Waals surface area contributed by atoms with E-state index in [2.05, 4.69) is 29.2 Å². The highest BCUT2D eigenvalue weighted by atomic mass is 16.5. The van der Waals surface area contributed by atoms with E-state index in [1.54, 1.807) is 0 Å². The van der Waals surface area contributed by atoms with Crippen molar-refractivity contribution in [3.05, 3.63) is 35.9 Å². The second-order valence-electron chi connectivity index (χ2n) is 9.06. The molecule has 0 radical (unpaired) electrons. The van der Waals surface area contributed by atoms with Crippen molar-refractivity contribution in [3.8, 4) is 0 Å². The van der Waals surface area contributed by atoms with Crippen molar-refractivity contribution >= 4 is 11.8 Å². The Hall–Kier alpha value is -1.88. The highest BCUT2D eigenvalue weighted by Crippen LogP contribution is 2.53. The quantitative estimate of drug-likeness (QED) is 0.708. The summed E-state index contributed by atoms with van der Waals surface area (Å²) in [6.45, 7) is 4.52. The lowest BCUT2D eigenvalue weighted by Crippen LogP contribution is -2.42. The lowest BCUT2D eigenvalue weighted by Gasteiger charge is -2.43. The number of rotatable bonds is 7. The number of carbonyl (C=O) groups excluding carboxylic acids is 2. The number of amides is 2. The molecule has 1 aromatic rings. The maximum absolute atomic E-state index is 12.8. The molecule has 2 aliphatic heterocycles. The van der Waals surface area contributed by atoms with E-state index in [4.69, 9.17) is 4.74 Å². The van der Waals surface area contributed by atoms with Gasteiger partial charge in [0.15, 0.2) is 0 Å². The molecule has 2 heterocycles. The van der Waals surface area contributed by atoms with Crippen LogP contribution in [0.25, 0.3) is 0 Å². The van der Waals surface area contributed by atoms with Gasteiger partial charge in [0, 0.05) is 39.0 Å². The normalized spacial score (nSPS) is 23.2. The first-order valence-corrected chi connectivity index (χ1v) is 11.3. The zero-order chi connectivity index (χ0) is 20.1. The topological polar surface area (TPSA) is 49.9 Å². The monoisotopic (exact) mass is 398 g/mol.